The Morgan fingerprint density at radius 3 is 2.65 bits per heavy atom. The minimum atomic E-state index is 0.209. The molecule has 2 unspecified atom stereocenters. The summed E-state index contributed by atoms with van der Waals surface area (Å²) in [6.45, 7) is 5.22. The minimum Gasteiger partial charge on any atom is -0.396 e. The van der Waals surface area contributed by atoms with Crippen LogP contribution in [0.5, 0.6) is 0 Å². The number of rotatable bonds is 8. The highest BCUT2D eigenvalue weighted by molar-refractivity contribution is 7.12. The molecule has 3 heteroatoms. The summed E-state index contributed by atoms with van der Waals surface area (Å²) in [4.78, 5) is 2.94. The summed E-state index contributed by atoms with van der Waals surface area (Å²) in [6.07, 6.45) is 4.53. The molecule has 0 aromatic carbocycles. The van der Waals surface area contributed by atoms with E-state index in [9.17, 15) is 5.11 Å². The lowest BCUT2D eigenvalue weighted by atomic mass is 9.92. The third-order valence-corrected chi connectivity index (χ3v) is 4.59. The van der Waals surface area contributed by atoms with Crippen molar-refractivity contribution in [3.05, 3.63) is 21.9 Å². The molecule has 1 rings (SSSR count). The number of thiophene rings is 1. The van der Waals surface area contributed by atoms with Gasteiger partial charge in [-0.15, -0.1) is 11.3 Å². The molecule has 2 atom stereocenters. The molecule has 0 aliphatic heterocycles. The van der Waals surface area contributed by atoms with Gasteiger partial charge >= 0.3 is 0 Å². The molecule has 1 aromatic rings. The molecule has 0 bridgehead atoms. The summed E-state index contributed by atoms with van der Waals surface area (Å²) in [5.41, 5.74) is 5.66. The molecular formula is C14H25NOS. The zero-order chi connectivity index (χ0) is 12.7. The summed E-state index contributed by atoms with van der Waals surface area (Å²) >= 11 is 1.93. The van der Waals surface area contributed by atoms with E-state index in [0.29, 0.717) is 12.5 Å². The van der Waals surface area contributed by atoms with Gasteiger partial charge in [0, 0.05) is 16.4 Å². The van der Waals surface area contributed by atoms with Crippen LogP contribution in [0.25, 0.3) is 0 Å². The van der Waals surface area contributed by atoms with E-state index in [2.05, 4.69) is 26.0 Å². The first kappa shape index (κ1) is 14.7. The lowest BCUT2D eigenvalue weighted by Crippen LogP contribution is -2.20. The minimum absolute atomic E-state index is 0.209. The van der Waals surface area contributed by atoms with Gasteiger partial charge in [-0.1, -0.05) is 20.3 Å². The zero-order valence-corrected chi connectivity index (χ0v) is 11.8. The SMILES string of the molecule is CCCc1ccc(C(CC)CC(CN)CO)s1. The van der Waals surface area contributed by atoms with E-state index in [1.165, 1.54) is 22.6 Å². The zero-order valence-electron chi connectivity index (χ0n) is 11.0. The number of hydrogen-bond acceptors (Lipinski definition) is 3. The normalized spacial score (nSPS) is 14.8. The molecule has 3 N–H and O–H groups in total. The van der Waals surface area contributed by atoms with Crippen LogP contribution in [0.1, 0.15) is 48.8 Å². The molecule has 1 heterocycles. The summed E-state index contributed by atoms with van der Waals surface area (Å²) in [5, 5.41) is 9.23. The van der Waals surface area contributed by atoms with Crippen LogP contribution in [-0.4, -0.2) is 18.3 Å². The molecule has 17 heavy (non-hydrogen) atoms. The van der Waals surface area contributed by atoms with Crippen LogP contribution >= 0.6 is 11.3 Å². The first-order chi connectivity index (χ1) is 8.24. The number of aliphatic hydroxyl groups is 1. The Kier molecular flexibility index (Phi) is 6.78. The van der Waals surface area contributed by atoms with Gasteiger partial charge in [0.05, 0.1) is 0 Å². The second-order valence-electron chi connectivity index (χ2n) is 4.68. The lowest BCUT2D eigenvalue weighted by molar-refractivity contribution is 0.215. The average Bonchev–Trinajstić information content (AvgIpc) is 2.80. The van der Waals surface area contributed by atoms with Gasteiger partial charge in [-0.3, -0.25) is 0 Å². The Morgan fingerprint density at radius 1 is 1.35 bits per heavy atom. The van der Waals surface area contributed by atoms with Gasteiger partial charge in [0.1, 0.15) is 0 Å². The molecular weight excluding hydrogens is 230 g/mol. The van der Waals surface area contributed by atoms with E-state index in [4.69, 9.17) is 5.73 Å². The Balaban J connectivity index is 2.64. The second kappa shape index (κ2) is 7.85. The highest BCUT2D eigenvalue weighted by Gasteiger charge is 2.17. The van der Waals surface area contributed by atoms with Crippen molar-refractivity contribution in [3.63, 3.8) is 0 Å². The van der Waals surface area contributed by atoms with Crippen molar-refractivity contribution in [1.29, 1.82) is 0 Å². The smallest absolute Gasteiger partial charge is 0.0471 e. The number of aryl methyl sites for hydroxylation is 1. The fourth-order valence-electron chi connectivity index (χ4n) is 2.13. The molecule has 0 fully saturated rings. The predicted molar refractivity (Wildman–Crippen MR) is 75.6 cm³/mol. The lowest BCUT2D eigenvalue weighted by Gasteiger charge is -2.18. The van der Waals surface area contributed by atoms with E-state index in [-0.39, 0.29) is 12.5 Å². The number of nitrogens with two attached hydrogens (primary N) is 1. The molecule has 0 radical (unpaired) electrons. The monoisotopic (exact) mass is 255 g/mol. The largest absolute Gasteiger partial charge is 0.396 e. The van der Waals surface area contributed by atoms with Crippen molar-refractivity contribution in [1.82, 2.24) is 0 Å². The third-order valence-electron chi connectivity index (χ3n) is 3.28. The predicted octanol–water partition coefficient (Wildman–Crippen LogP) is 3.15. The topological polar surface area (TPSA) is 46.2 Å². The van der Waals surface area contributed by atoms with Crippen LogP contribution in [0.2, 0.25) is 0 Å². The maximum atomic E-state index is 9.23. The van der Waals surface area contributed by atoms with Crippen LogP contribution in [-0.2, 0) is 6.42 Å². The Morgan fingerprint density at radius 2 is 2.12 bits per heavy atom. The van der Waals surface area contributed by atoms with Crippen molar-refractivity contribution >= 4 is 11.3 Å². The van der Waals surface area contributed by atoms with E-state index in [1.807, 2.05) is 11.3 Å². The first-order valence-electron chi connectivity index (χ1n) is 6.64. The summed E-state index contributed by atoms with van der Waals surface area (Å²) in [6, 6.07) is 4.51. The number of hydrogen-bond donors (Lipinski definition) is 2. The van der Waals surface area contributed by atoms with Crippen LogP contribution in [0, 0.1) is 5.92 Å². The van der Waals surface area contributed by atoms with Gasteiger partial charge in [0.25, 0.3) is 0 Å². The highest BCUT2D eigenvalue weighted by atomic mass is 32.1. The molecule has 2 nitrogen and oxygen atoms in total. The van der Waals surface area contributed by atoms with Crippen molar-refractivity contribution < 1.29 is 5.11 Å². The summed E-state index contributed by atoms with van der Waals surface area (Å²) < 4.78 is 0. The fraction of sp³-hybridized carbons (Fsp3) is 0.714. The Bertz CT molecular complexity index is 307. The standard InChI is InChI=1S/C14H25NOS/c1-3-5-13-6-7-14(17-13)12(4-2)8-11(9-15)10-16/h6-7,11-12,16H,3-5,8-10,15H2,1-2H3. The molecule has 0 aliphatic rings. The maximum Gasteiger partial charge on any atom is 0.0471 e. The molecule has 0 saturated carbocycles. The highest BCUT2D eigenvalue weighted by Crippen LogP contribution is 2.32. The number of aliphatic hydroxyl groups excluding tert-OH is 1. The van der Waals surface area contributed by atoms with Crippen molar-refractivity contribution in [2.75, 3.05) is 13.2 Å². The summed E-state index contributed by atoms with van der Waals surface area (Å²) in [5.74, 6) is 0.808. The first-order valence-corrected chi connectivity index (χ1v) is 7.46. The van der Waals surface area contributed by atoms with Crippen LogP contribution in [0.4, 0.5) is 0 Å². The fourth-order valence-corrected chi connectivity index (χ4v) is 3.44. The van der Waals surface area contributed by atoms with E-state index in [1.54, 1.807) is 0 Å². The van der Waals surface area contributed by atoms with Gasteiger partial charge in [-0.25, -0.2) is 0 Å². The average molecular weight is 255 g/mol. The van der Waals surface area contributed by atoms with Crippen LogP contribution < -0.4 is 5.73 Å². The Labute approximate surface area is 109 Å². The van der Waals surface area contributed by atoms with Gasteiger partial charge in [0.15, 0.2) is 0 Å². The second-order valence-corrected chi connectivity index (χ2v) is 5.88. The quantitative estimate of drug-likeness (QED) is 0.749. The molecule has 98 valence electrons. The van der Waals surface area contributed by atoms with Gasteiger partial charge in [0.2, 0.25) is 0 Å². The maximum absolute atomic E-state index is 9.23. The van der Waals surface area contributed by atoms with Crippen LogP contribution in [0.15, 0.2) is 12.1 Å². The summed E-state index contributed by atoms with van der Waals surface area (Å²) in [7, 11) is 0. The third kappa shape index (κ3) is 4.41. The van der Waals surface area contributed by atoms with Crippen molar-refractivity contribution in [2.24, 2.45) is 11.7 Å². The molecule has 0 aliphatic carbocycles. The molecule has 0 spiro atoms. The van der Waals surface area contributed by atoms with E-state index in [0.717, 1.165) is 12.8 Å². The van der Waals surface area contributed by atoms with E-state index >= 15 is 0 Å². The Hall–Kier alpha value is -0.380. The van der Waals surface area contributed by atoms with Gasteiger partial charge < -0.3 is 10.8 Å². The van der Waals surface area contributed by atoms with Crippen LogP contribution in [0.3, 0.4) is 0 Å². The molecule has 0 amide bonds. The van der Waals surface area contributed by atoms with Gasteiger partial charge in [-0.2, -0.15) is 0 Å². The molecule has 0 saturated heterocycles. The van der Waals surface area contributed by atoms with E-state index < -0.39 is 0 Å². The van der Waals surface area contributed by atoms with Crippen molar-refractivity contribution in [2.45, 2.75) is 45.4 Å². The van der Waals surface area contributed by atoms with Gasteiger partial charge in [-0.05, 0) is 49.8 Å². The molecule has 1 aromatic heterocycles. The van der Waals surface area contributed by atoms with Crippen molar-refractivity contribution in [3.8, 4) is 0 Å².